The van der Waals surface area contributed by atoms with Gasteiger partial charge in [0.1, 0.15) is 0 Å². The Kier molecular flexibility index (Phi) is 6.15. The van der Waals surface area contributed by atoms with Gasteiger partial charge >= 0.3 is 5.97 Å². The van der Waals surface area contributed by atoms with E-state index in [1.54, 1.807) is 11.3 Å². The minimum Gasteiger partial charge on any atom is -0.465 e. The Morgan fingerprint density at radius 3 is 2.94 bits per heavy atom. The number of esters is 1. The lowest BCUT2D eigenvalue weighted by molar-refractivity contribution is -0.144. The predicted molar refractivity (Wildman–Crippen MR) is 69.1 cm³/mol. The van der Waals surface area contributed by atoms with Crippen molar-refractivity contribution in [2.75, 3.05) is 20.2 Å². The Morgan fingerprint density at radius 2 is 2.29 bits per heavy atom. The van der Waals surface area contributed by atoms with Crippen LogP contribution in [0.15, 0.2) is 5.38 Å². The molecule has 0 aliphatic carbocycles. The summed E-state index contributed by atoms with van der Waals surface area (Å²) in [7, 11) is 1.90. The molecule has 0 bridgehead atoms. The third-order valence-corrected chi connectivity index (χ3v) is 3.16. The van der Waals surface area contributed by atoms with Crippen LogP contribution in [0.1, 0.15) is 31.0 Å². The average molecular weight is 256 g/mol. The fraction of sp³-hybridized carbons (Fsp3) is 0.667. The smallest absolute Gasteiger partial charge is 0.320 e. The Hall–Kier alpha value is -0.940. The number of hydrogen-bond acceptors (Lipinski definition) is 5. The number of rotatable bonds is 7. The van der Waals surface area contributed by atoms with Gasteiger partial charge in [0, 0.05) is 11.9 Å². The first-order valence-corrected chi connectivity index (χ1v) is 6.81. The number of hydrogen-bond donors (Lipinski definition) is 0. The van der Waals surface area contributed by atoms with E-state index in [1.165, 1.54) is 5.01 Å². The maximum Gasteiger partial charge on any atom is 0.320 e. The quantitative estimate of drug-likeness (QED) is 0.701. The fourth-order valence-corrected chi connectivity index (χ4v) is 2.40. The van der Waals surface area contributed by atoms with Gasteiger partial charge in [0.25, 0.3) is 0 Å². The van der Waals surface area contributed by atoms with Gasteiger partial charge in [-0.2, -0.15) is 0 Å². The molecule has 0 radical (unpaired) electrons. The standard InChI is InChI=1S/C12H20N2O2S/c1-4-6-11-13-10(9-17-11)7-14(3)8-12(15)16-5-2/h9H,4-8H2,1-3H3. The van der Waals surface area contributed by atoms with Crippen LogP contribution in [-0.2, 0) is 22.5 Å². The van der Waals surface area contributed by atoms with Gasteiger partial charge in [-0.3, -0.25) is 9.69 Å². The number of aromatic nitrogens is 1. The molecule has 1 rings (SSSR count). The highest BCUT2D eigenvalue weighted by Crippen LogP contribution is 2.12. The Bertz CT molecular complexity index is 352. The first-order chi connectivity index (χ1) is 8.15. The van der Waals surface area contributed by atoms with Crippen molar-refractivity contribution >= 4 is 17.3 Å². The topological polar surface area (TPSA) is 42.4 Å². The van der Waals surface area contributed by atoms with Gasteiger partial charge in [0.05, 0.1) is 23.9 Å². The summed E-state index contributed by atoms with van der Waals surface area (Å²) in [5, 5.41) is 3.24. The van der Waals surface area contributed by atoms with Gasteiger partial charge in [-0.15, -0.1) is 11.3 Å². The molecule has 0 fully saturated rings. The van der Waals surface area contributed by atoms with Crippen LogP contribution in [0.25, 0.3) is 0 Å². The molecule has 0 aliphatic rings. The van der Waals surface area contributed by atoms with E-state index < -0.39 is 0 Å². The Balaban J connectivity index is 2.38. The maximum atomic E-state index is 11.3. The van der Waals surface area contributed by atoms with Crippen molar-refractivity contribution in [3.05, 3.63) is 16.1 Å². The van der Waals surface area contributed by atoms with Gasteiger partial charge in [-0.25, -0.2) is 4.98 Å². The summed E-state index contributed by atoms with van der Waals surface area (Å²) >= 11 is 1.69. The van der Waals surface area contributed by atoms with E-state index in [1.807, 2.05) is 18.9 Å². The second-order valence-corrected chi connectivity index (χ2v) is 4.90. The van der Waals surface area contributed by atoms with E-state index in [0.29, 0.717) is 19.7 Å². The number of carbonyl (C=O) groups is 1. The van der Waals surface area contributed by atoms with Crippen molar-refractivity contribution in [2.24, 2.45) is 0 Å². The molecule has 1 aromatic rings. The van der Waals surface area contributed by atoms with E-state index in [0.717, 1.165) is 18.5 Å². The minimum atomic E-state index is -0.181. The van der Waals surface area contributed by atoms with Gasteiger partial charge in [0.15, 0.2) is 0 Å². The summed E-state index contributed by atoms with van der Waals surface area (Å²) in [5.74, 6) is -0.181. The minimum absolute atomic E-state index is 0.181. The molecule has 0 spiro atoms. The average Bonchev–Trinajstić information content (AvgIpc) is 2.66. The number of aryl methyl sites for hydroxylation is 1. The third-order valence-electron chi connectivity index (χ3n) is 2.20. The summed E-state index contributed by atoms with van der Waals surface area (Å²) in [6.45, 7) is 5.40. The summed E-state index contributed by atoms with van der Waals surface area (Å²) < 4.78 is 4.90. The molecule has 96 valence electrons. The van der Waals surface area contributed by atoms with Crippen LogP contribution in [-0.4, -0.2) is 36.1 Å². The lowest BCUT2D eigenvalue weighted by Crippen LogP contribution is -2.27. The first-order valence-electron chi connectivity index (χ1n) is 5.93. The molecule has 17 heavy (non-hydrogen) atoms. The van der Waals surface area contributed by atoms with Gasteiger partial charge in [-0.05, 0) is 26.8 Å². The van der Waals surface area contributed by atoms with Crippen LogP contribution in [0.5, 0.6) is 0 Å². The molecule has 0 amide bonds. The van der Waals surface area contributed by atoms with Crippen molar-refractivity contribution in [2.45, 2.75) is 33.2 Å². The van der Waals surface area contributed by atoms with Crippen LogP contribution in [0.3, 0.4) is 0 Å². The summed E-state index contributed by atoms with van der Waals surface area (Å²) in [6.07, 6.45) is 2.15. The number of carbonyl (C=O) groups excluding carboxylic acids is 1. The van der Waals surface area contributed by atoms with E-state index in [9.17, 15) is 4.79 Å². The van der Waals surface area contributed by atoms with E-state index in [-0.39, 0.29) is 5.97 Å². The van der Waals surface area contributed by atoms with Crippen LogP contribution >= 0.6 is 11.3 Å². The highest BCUT2D eigenvalue weighted by Gasteiger charge is 2.09. The normalized spacial score (nSPS) is 10.8. The molecule has 0 saturated carbocycles. The molecule has 0 N–H and O–H groups in total. The monoisotopic (exact) mass is 256 g/mol. The van der Waals surface area contributed by atoms with Gasteiger partial charge in [-0.1, -0.05) is 6.92 Å². The number of ether oxygens (including phenoxy) is 1. The Morgan fingerprint density at radius 1 is 1.53 bits per heavy atom. The second kappa shape index (κ2) is 7.40. The zero-order chi connectivity index (χ0) is 12.7. The van der Waals surface area contributed by atoms with Crippen LogP contribution < -0.4 is 0 Å². The van der Waals surface area contributed by atoms with Gasteiger partial charge in [0.2, 0.25) is 0 Å². The van der Waals surface area contributed by atoms with Crippen LogP contribution in [0.2, 0.25) is 0 Å². The third kappa shape index (κ3) is 5.28. The highest BCUT2D eigenvalue weighted by atomic mass is 32.1. The van der Waals surface area contributed by atoms with Gasteiger partial charge < -0.3 is 4.74 Å². The van der Waals surface area contributed by atoms with Crippen LogP contribution in [0, 0.1) is 0 Å². The molecule has 1 heterocycles. The van der Waals surface area contributed by atoms with Crippen molar-refractivity contribution in [1.29, 1.82) is 0 Å². The van der Waals surface area contributed by atoms with E-state index >= 15 is 0 Å². The molecule has 0 aromatic carbocycles. The number of thiazole rings is 1. The molecule has 0 aliphatic heterocycles. The fourth-order valence-electron chi connectivity index (χ4n) is 1.51. The molecule has 4 nitrogen and oxygen atoms in total. The first kappa shape index (κ1) is 14.1. The summed E-state index contributed by atoms with van der Waals surface area (Å²) in [5.41, 5.74) is 1.03. The lowest BCUT2D eigenvalue weighted by atomic mass is 10.3. The van der Waals surface area contributed by atoms with Crippen molar-refractivity contribution in [3.8, 4) is 0 Å². The zero-order valence-corrected chi connectivity index (χ0v) is 11.5. The molecular weight excluding hydrogens is 236 g/mol. The summed E-state index contributed by atoms with van der Waals surface area (Å²) in [6, 6.07) is 0. The van der Waals surface area contributed by atoms with Crippen molar-refractivity contribution < 1.29 is 9.53 Å². The van der Waals surface area contributed by atoms with E-state index in [4.69, 9.17) is 4.74 Å². The molecule has 0 unspecified atom stereocenters. The number of nitrogens with zero attached hydrogens (tertiary/aromatic N) is 2. The Labute approximate surface area is 107 Å². The molecule has 0 atom stereocenters. The second-order valence-electron chi connectivity index (χ2n) is 3.96. The molecule has 0 saturated heterocycles. The largest absolute Gasteiger partial charge is 0.465 e. The molecular formula is C12H20N2O2S. The predicted octanol–water partition coefficient (Wildman–Crippen LogP) is 2.09. The van der Waals surface area contributed by atoms with E-state index in [2.05, 4.69) is 17.3 Å². The maximum absolute atomic E-state index is 11.3. The zero-order valence-electron chi connectivity index (χ0n) is 10.7. The highest BCUT2D eigenvalue weighted by molar-refractivity contribution is 7.09. The van der Waals surface area contributed by atoms with Crippen LogP contribution in [0.4, 0.5) is 0 Å². The van der Waals surface area contributed by atoms with Crippen molar-refractivity contribution in [3.63, 3.8) is 0 Å². The lowest BCUT2D eigenvalue weighted by Gasteiger charge is -2.13. The molecule has 5 heteroatoms. The molecule has 1 aromatic heterocycles. The van der Waals surface area contributed by atoms with Crippen molar-refractivity contribution in [1.82, 2.24) is 9.88 Å². The number of likely N-dealkylation sites (N-methyl/N-ethyl adjacent to an activating group) is 1. The summed E-state index contributed by atoms with van der Waals surface area (Å²) in [4.78, 5) is 17.7. The SMILES string of the molecule is CCCc1nc(CN(C)CC(=O)OCC)cs1.